The van der Waals surface area contributed by atoms with Crippen LogP contribution in [-0.4, -0.2) is 34.0 Å². The number of carbonyl (C=O) groups is 1. The molecule has 6 nitrogen and oxygen atoms in total. The van der Waals surface area contributed by atoms with Crippen molar-refractivity contribution in [1.29, 1.82) is 0 Å². The topological polar surface area (TPSA) is 84.5 Å². The van der Waals surface area contributed by atoms with Gasteiger partial charge in [0.15, 0.2) is 0 Å². The third kappa shape index (κ3) is 4.09. The highest BCUT2D eigenvalue weighted by Gasteiger charge is 2.22. The van der Waals surface area contributed by atoms with E-state index in [4.69, 9.17) is 16.3 Å². The van der Waals surface area contributed by atoms with Crippen LogP contribution < -0.4 is 14.8 Å². The SMILES string of the molecule is CCOc1ccc(S(=O)(=O)N[C@@H](C)C(=O)NC)cc1Cl. The van der Waals surface area contributed by atoms with Crippen LogP contribution in [0, 0.1) is 0 Å². The second-order valence-electron chi connectivity index (χ2n) is 3.98. The molecule has 0 aromatic heterocycles. The van der Waals surface area contributed by atoms with Gasteiger partial charge in [-0.05, 0) is 32.0 Å². The molecule has 0 heterocycles. The number of carbonyl (C=O) groups excluding carboxylic acids is 1. The molecule has 0 aliphatic carbocycles. The number of ether oxygens (including phenoxy) is 1. The van der Waals surface area contributed by atoms with Gasteiger partial charge in [-0.3, -0.25) is 4.79 Å². The van der Waals surface area contributed by atoms with Gasteiger partial charge in [0, 0.05) is 7.05 Å². The molecule has 1 atom stereocenters. The largest absolute Gasteiger partial charge is 0.492 e. The van der Waals surface area contributed by atoms with Crippen LogP contribution in [0.3, 0.4) is 0 Å². The fourth-order valence-corrected chi connectivity index (χ4v) is 3.02. The second-order valence-corrected chi connectivity index (χ2v) is 6.10. The zero-order valence-electron chi connectivity index (χ0n) is 11.4. The van der Waals surface area contributed by atoms with Crippen molar-refractivity contribution < 1.29 is 17.9 Å². The third-order valence-corrected chi connectivity index (χ3v) is 4.32. The normalized spacial score (nSPS) is 12.8. The highest BCUT2D eigenvalue weighted by Crippen LogP contribution is 2.27. The Balaban J connectivity index is 2.98. The van der Waals surface area contributed by atoms with E-state index < -0.39 is 22.0 Å². The number of amides is 1. The van der Waals surface area contributed by atoms with Crippen LogP contribution in [0.15, 0.2) is 23.1 Å². The number of rotatable bonds is 6. The lowest BCUT2D eigenvalue weighted by Crippen LogP contribution is -2.43. The molecule has 0 fully saturated rings. The molecule has 1 rings (SSSR count). The zero-order valence-corrected chi connectivity index (χ0v) is 13.0. The first-order chi connectivity index (χ1) is 9.31. The Morgan fingerprint density at radius 1 is 1.45 bits per heavy atom. The maximum atomic E-state index is 12.1. The van der Waals surface area contributed by atoms with Gasteiger partial charge < -0.3 is 10.1 Å². The Kier molecular flexibility index (Phi) is 5.79. The van der Waals surface area contributed by atoms with Gasteiger partial charge in [0.05, 0.1) is 22.6 Å². The summed E-state index contributed by atoms with van der Waals surface area (Å²) >= 11 is 5.94. The van der Waals surface area contributed by atoms with Crippen molar-refractivity contribution in [3.63, 3.8) is 0 Å². The molecule has 2 N–H and O–H groups in total. The van der Waals surface area contributed by atoms with Crippen LogP contribution in [0.2, 0.25) is 5.02 Å². The van der Waals surface area contributed by atoms with Gasteiger partial charge in [0.2, 0.25) is 15.9 Å². The monoisotopic (exact) mass is 320 g/mol. The van der Waals surface area contributed by atoms with E-state index in [-0.39, 0.29) is 9.92 Å². The fraction of sp³-hybridized carbons (Fsp3) is 0.417. The highest BCUT2D eigenvalue weighted by molar-refractivity contribution is 7.89. The van der Waals surface area contributed by atoms with Gasteiger partial charge in [0.25, 0.3) is 0 Å². The predicted molar refractivity (Wildman–Crippen MR) is 76.5 cm³/mol. The summed E-state index contributed by atoms with van der Waals surface area (Å²) in [6.07, 6.45) is 0. The summed E-state index contributed by atoms with van der Waals surface area (Å²) in [6.45, 7) is 3.68. The molecule has 0 saturated carbocycles. The fourth-order valence-electron chi connectivity index (χ4n) is 1.49. The maximum Gasteiger partial charge on any atom is 0.241 e. The van der Waals surface area contributed by atoms with E-state index in [1.54, 1.807) is 6.92 Å². The lowest BCUT2D eigenvalue weighted by Gasteiger charge is -2.13. The van der Waals surface area contributed by atoms with Gasteiger partial charge in [-0.25, -0.2) is 8.42 Å². The molecule has 0 spiro atoms. The van der Waals surface area contributed by atoms with Crippen LogP contribution >= 0.6 is 11.6 Å². The van der Waals surface area contributed by atoms with Crippen molar-refractivity contribution in [2.75, 3.05) is 13.7 Å². The predicted octanol–water partition coefficient (Wildman–Crippen LogP) is 1.15. The van der Waals surface area contributed by atoms with Gasteiger partial charge in [-0.2, -0.15) is 4.72 Å². The molecule has 8 heteroatoms. The Bertz CT molecular complexity index is 589. The minimum Gasteiger partial charge on any atom is -0.492 e. The van der Waals surface area contributed by atoms with Crippen molar-refractivity contribution in [3.8, 4) is 5.75 Å². The first kappa shape index (κ1) is 16.7. The molecule has 20 heavy (non-hydrogen) atoms. The molecule has 0 radical (unpaired) electrons. The van der Waals surface area contributed by atoms with Crippen molar-refractivity contribution in [3.05, 3.63) is 23.2 Å². The summed E-state index contributed by atoms with van der Waals surface area (Å²) in [5.41, 5.74) is 0. The summed E-state index contributed by atoms with van der Waals surface area (Å²) < 4.78 is 31.7. The third-order valence-electron chi connectivity index (χ3n) is 2.49. The van der Waals surface area contributed by atoms with Crippen molar-refractivity contribution >= 4 is 27.5 Å². The van der Waals surface area contributed by atoms with E-state index in [0.29, 0.717) is 12.4 Å². The Labute approximate surface area is 123 Å². The van der Waals surface area contributed by atoms with Crippen LogP contribution in [0.25, 0.3) is 0 Å². The van der Waals surface area contributed by atoms with E-state index in [1.807, 2.05) is 0 Å². The molecule has 1 amide bonds. The number of hydrogen-bond donors (Lipinski definition) is 2. The Morgan fingerprint density at radius 2 is 2.10 bits per heavy atom. The maximum absolute atomic E-state index is 12.1. The van der Waals surface area contributed by atoms with Gasteiger partial charge in [0.1, 0.15) is 5.75 Å². The molecule has 0 aliphatic heterocycles. The molecule has 112 valence electrons. The van der Waals surface area contributed by atoms with Gasteiger partial charge >= 0.3 is 0 Å². The van der Waals surface area contributed by atoms with Gasteiger partial charge in [-0.1, -0.05) is 11.6 Å². The summed E-state index contributed by atoms with van der Waals surface area (Å²) in [6, 6.07) is 3.25. The van der Waals surface area contributed by atoms with Crippen LogP contribution in [0.1, 0.15) is 13.8 Å². The van der Waals surface area contributed by atoms with E-state index in [1.165, 1.54) is 32.2 Å². The van der Waals surface area contributed by atoms with E-state index >= 15 is 0 Å². The average molecular weight is 321 g/mol. The molecule has 0 aliphatic rings. The minimum atomic E-state index is -3.82. The number of hydrogen-bond acceptors (Lipinski definition) is 4. The molecule has 0 unspecified atom stereocenters. The molecular weight excluding hydrogens is 304 g/mol. The lowest BCUT2D eigenvalue weighted by atomic mass is 10.3. The molecule has 0 bridgehead atoms. The smallest absolute Gasteiger partial charge is 0.241 e. The lowest BCUT2D eigenvalue weighted by molar-refractivity contribution is -0.121. The van der Waals surface area contributed by atoms with Crippen LogP contribution in [-0.2, 0) is 14.8 Å². The number of sulfonamides is 1. The first-order valence-electron chi connectivity index (χ1n) is 5.98. The summed E-state index contributed by atoms with van der Waals surface area (Å²) in [7, 11) is -2.39. The molecule has 1 aromatic rings. The summed E-state index contributed by atoms with van der Waals surface area (Å²) in [5, 5.41) is 2.56. The highest BCUT2D eigenvalue weighted by atomic mass is 35.5. The summed E-state index contributed by atoms with van der Waals surface area (Å²) in [4.78, 5) is 11.3. The minimum absolute atomic E-state index is 0.0262. The van der Waals surface area contributed by atoms with Crippen molar-refractivity contribution in [2.45, 2.75) is 24.8 Å². The van der Waals surface area contributed by atoms with Crippen molar-refractivity contribution in [1.82, 2.24) is 10.0 Å². The second kappa shape index (κ2) is 6.92. The van der Waals surface area contributed by atoms with E-state index in [0.717, 1.165) is 0 Å². The van der Waals surface area contributed by atoms with Crippen molar-refractivity contribution in [2.24, 2.45) is 0 Å². The van der Waals surface area contributed by atoms with E-state index in [2.05, 4.69) is 10.0 Å². The van der Waals surface area contributed by atoms with Gasteiger partial charge in [-0.15, -0.1) is 0 Å². The Hall–Kier alpha value is -1.31. The molecule has 0 saturated heterocycles. The number of likely N-dealkylation sites (N-methyl/N-ethyl adjacent to an activating group) is 1. The zero-order chi connectivity index (χ0) is 15.3. The molecule has 1 aromatic carbocycles. The standard InChI is InChI=1S/C12H17ClN2O4S/c1-4-19-11-6-5-9(7-10(11)13)20(17,18)15-8(2)12(16)14-3/h5-8,15H,4H2,1-3H3,(H,14,16)/t8-/m0/s1. The van der Waals surface area contributed by atoms with E-state index in [9.17, 15) is 13.2 Å². The number of benzene rings is 1. The quantitative estimate of drug-likeness (QED) is 0.823. The van der Waals surface area contributed by atoms with Crippen LogP contribution in [0.4, 0.5) is 0 Å². The van der Waals surface area contributed by atoms with Crippen LogP contribution in [0.5, 0.6) is 5.75 Å². The summed E-state index contributed by atoms with van der Waals surface area (Å²) in [5.74, 6) is -0.0157. The molecular formula is C12H17ClN2O4S. The first-order valence-corrected chi connectivity index (χ1v) is 7.84. The Morgan fingerprint density at radius 3 is 2.60 bits per heavy atom. The average Bonchev–Trinajstić information content (AvgIpc) is 2.39. The number of halogens is 1. The number of nitrogens with one attached hydrogen (secondary N) is 2.